The Morgan fingerprint density at radius 2 is 1.76 bits per heavy atom. The molecule has 0 saturated carbocycles. The predicted molar refractivity (Wildman–Crippen MR) is 149 cm³/mol. The van der Waals surface area contributed by atoms with Gasteiger partial charge < -0.3 is 14.1 Å². The lowest BCUT2D eigenvalue weighted by atomic mass is 9.87. The number of benzene rings is 2. The second-order valence-corrected chi connectivity index (χ2v) is 10.4. The van der Waals surface area contributed by atoms with E-state index in [4.69, 9.17) is 19.1 Å². The topological polar surface area (TPSA) is 85.9 Å². The zero-order valence-electron chi connectivity index (χ0n) is 21.1. The minimum absolute atomic E-state index is 0.108. The number of ether oxygens (including phenoxy) is 1. The zero-order chi connectivity index (χ0) is 26.0. The molecule has 186 valence electrons. The minimum atomic E-state index is -0.153. The van der Waals surface area contributed by atoms with E-state index in [1.165, 1.54) is 6.07 Å². The average Bonchev–Trinajstić information content (AvgIpc) is 3.44. The molecule has 7 aromatic rings. The highest BCUT2D eigenvalue weighted by atomic mass is 16.5. The molecule has 7 nitrogen and oxygen atoms in total. The van der Waals surface area contributed by atoms with Crippen LogP contribution in [0, 0.1) is 0 Å². The molecule has 0 amide bonds. The molecule has 0 radical (unpaired) electrons. The minimum Gasteiger partial charge on any atom is -0.440 e. The molecule has 5 heterocycles. The standard InChI is InChI=1S/C31H24N4O3/c1-31(2,3)18-15-26(35-23-9-5-4-7-20(23)21-8-6-13-32-29(21)35)34-27(16-18)37-19-10-11-25-22(17-19)28-24(36)12-14-33-30(28)38-25/h4-17H,1-3H3,(H,33,36). The second-order valence-electron chi connectivity index (χ2n) is 10.4. The number of hydrogen-bond donors (Lipinski definition) is 1. The van der Waals surface area contributed by atoms with Crippen molar-refractivity contribution in [3.63, 3.8) is 0 Å². The summed E-state index contributed by atoms with van der Waals surface area (Å²) >= 11 is 0. The van der Waals surface area contributed by atoms with Gasteiger partial charge in [-0.15, -0.1) is 0 Å². The first kappa shape index (κ1) is 22.3. The van der Waals surface area contributed by atoms with E-state index < -0.39 is 0 Å². The van der Waals surface area contributed by atoms with Gasteiger partial charge in [0.2, 0.25) is 11.6 Å². The maximum absolute atomic E-state index is 12.5. The van der Waals surface area contributed by atoms with Crippen LogP contribution in [-0.2, 0) is 5.41 Å². The normalized spacial score (nSPS) is 12.2. The molecule has 0 spiro atoms. The van der Waals surface area contributed by atoms with Crippen molar-refractivity contribution < 1.29 is 9.15 Å². The van der Waals surface area contributed by atoms with Crippen molar-refractivity contribution in [2.24, 2.45) is 0 Å². The number of aromatic amines is 1. The van der Waals surface area contributed by atoms with Crippen molar-refractivity contribution in [3.05, 3.63) is 101 Å². The average molecular weight is 501 g/mol. The van der Waals surface area contributed by atoms with Crippen molar-refractivity contribution in [1.82, 2.24) is 19.5 Å². The van der Waals surface area contributed by atoms with Crippen LogP contribution in [0.3, 0.4) is 0 Å². The Labute approximate surface area is 217 Å². The fourth-order valence-corrected chi connectivity index (χ4v) is 5.00. The van der Waals surface area contributed by atoms with E-state index in [9.17, 15) is 4.79 Å². The lowest BCUT2D eigenvalue weighted by Gasteiger charge is -2.21. The van der Waals surface area contributed by atoms with Gasteiger partial charge in [-0.1, -0.05) is 39.0 Å². The predicted octanol–water partition coefficient (Wildman–Crippen LogP) is 7.25. The van der Waals surface area contributed by atoms with Gasteiger partial charge in [0, 0.05) is 40.7 Å². The lowest BCUT2D eigenvalue weighted by Crippen LogP contribution is -2.13. The molecule has 0 unspecified atom stereocenters. The van der Waals surface area contributed by atoms with Crippen molar-refractivity contribution in [2.45, 2.75) is 26.2 Å². The van der Waals surface area contributed by atoms with Crippen molar-refractivity contribution in [3.8, 4) is 17.4 Å². The van der Waals surface area contributed by atoms with Gasteiger partial charge in [-0.3, -0.25) is 9.36 Å². The molecule has 0 saturated heterocycles. The summed E-state index contributed by atoms with van der Waals surface area (Å²) in [7, 11) is 0. The van der Waals surface area contributed by atoms with Gasteiger partial charge in [0.25, 0.3) is 0 Å². The van der Waals surface area contributed by atoms with Gasteiger partial charge in [-0.25, -0.2) is 4.98 Å². The van der Waals surface area contributed by atoms with Crippen molar-refractivity contribution in [2.75, 3.05) is 0 Å². The number of H-pyrrole nitrogens is 1. The van der Waals surface area contributed by atoms with Crippen LogP contribution in [-0.4, -0.2) is 19.5 Å². The molecule has 0 aliphatic heterocycles. The molecule has 0 fully saturated rings. The van der Waals surface area contributed by atoms with Gasteiger partial charge in [0.1, 0.15) is 22.8 Å². The number of rotatable bonds is 3. The summed E-state index contributed by atoms with van der Waals surface area (Å²) in [5, 5.41) is 3.37. The number of nitrogens with one attached hydrogen (secondary N) is 1. The smallest absolute Gasteiger partial charge is 0.221 e. The fraction of sp³-hybridized carbons (Fsp3) is 0.129. The first-order valence-electron chi connectivity index (χ1n) is 12.5. The lowest BCUT2D eigenvalue weighted by molar-refractivity contribution is 0.458. The van der Waals surface area contributed by atoms with E-state index in [0.29, 0.717) is 33.7 Å². The third kappa shape index (κ3) is 3.47. The van der Waals surface area contributed by atoms with E-state index in [-0.39, 0.29) is 10.8 Å². The summed E-state index contributed by atoms with van der Waals surface area (Å²) in [6, 6.07) is 23.3. The molecular weight excluding hydrogens is 476 g/mol. The third-order valence-electron chi connectivity index (χ3n) is 6.89. The summed E-state index contributed by atoms with van der Waals surface area (Å²) in [6.45, 7) is 6.49. The first-order valence-corrected chi connectivity index (χ1v) is 12.5. The van der Waals surface area contributed by atoms with E-state index in [1.54, 1.807) is 12.4 Å². The number of aromatic nitrogens is 4. The second kappa shape index (κ2) is 8.05. The van der Waals surface area contributed by atoms with Crippen LogP contribution in [0.4, 0.5) is 0 Å². The Kier molecular flexibility index (Phi) is 4.72. The number of furan rings is 1. The maximum Gasteiger partial charge on any atom is 0.221 e. The molecule has 0 aliphatic rings. The van der Waals surface area contributed by atoms with Crippen LogP contribution in [0.5, 0.6) is 11.6 Å². The molecule has 7 rings (SSSR count). The van der Waals surface area contributed by atoms with Crippen molar-refractivity contribution in [1.29, 1.82) is 0 Å². The van der Waals surface area contributed by atoms with E-state index >= 15 is 0 Å². The van der Waals surface area contributed by atoms with Crippen LogP contribution >= 0.6 is 0 Å². The van der Waals surface area contributed by atoms with Gasteiger partial charge in [-0.2, -0.15) is 4.98 Å². The van der Waals surface area contributed by atoms with Gasteiger partial charge in [-0.05, 0) is 53.4 Å². The summed E-state index contributed by atoms with van der Waals surface area (Å²) < 4.78 is 14.2. The molecule has 2 aromatic carbocycles. The summed E-state index contributed by atoms with van der Waals surface area (Å²) in [6.07, 6.45) is 3.38. The summed E-state index contributed by atoms with van der Waals surface area (Å²) in [5.41, 5.74) is 3.73. The Balaban J connectivity index is 1.42. The fourth-order valence-electron chi connectivity index (χ4n) is 5.00. The van der Waals surface area contributed by atoms with Crippen LogP contribution in [0.2, 0.25) is 0 Å². The Bertz CT molecular complexity index is 2020. The third-order valence-corrected chi connectivity index (χ3v) is 6.89. The molecule has 0 bridgehead atoms. The SMILES string of the molecule is CC(C)(C)c1cc(Oc2ccc3oc4[nH]ccc(=O)c4c3c2)nc(-n2c3ccccc3c3cccnc32)c1. The number of nitrogens with zero attached hydrogens (tertiary/aromatic N) is 3. The Morgan fingerprint density at radius 3 is 2.63 bits per heavy atom. The van der Waals surface area contributed by atoms with Crippen molar-refractivity contribution >= 4 is 44.0 Å². The van der Waals surface area contributed by atoms with Crippen LogP contribution < -0.4 is 10.2 Å². The Hall–Kier alpha value is -4.91. The summed E-state index contributed by atoms with van der Waals surface area (Å²) in [5.74, 6) is 1.74. The summed E-state index contributed by atoms with van der Waals surface area (Å²) in [4.78, 5) is 25.2. The Morgan fingerprint density at radius 1 is 0.921 bits per heavy atom. The van der Waals surface area contributed by atoms with Crippen LogP contribution in [0.1, 0.15) is 26.3 Å². The molecule has 5 aromatic heterocycles. The quantitative estimate of drug-likeness (QED) is 0.276. The zero-order valence-corrected chi connectivity index (χ0v) is 21.1. The van der Waals surface area contributed by atoms with E-state index in [0.717, 1.165) is 33.3 Å². The van der Waals surface area contributed by atoms with Gasteiger partial charge in [0.15, 0.2) is 5.43 Å². The highest BCUT2D eigenvalue weighted by Crippen LogP contribution is 2.35. The highest BCUT2D eigenvalue weighted by Gasteiger charge is 2.21. The van der Waals surface area contributed by atoms with E-state index in [1.807, 2.05) is 42.5 Å². The molecule has 0 atom stereocenters. The number of fused-ring (bicyclic) bond motifs is 6. The van der Waals surface area contributed by atoms with Gasteiger partial charge >= 0.3 is 0 Å². The highest BCUT2D eigenvalue weighted by molar-refractivity contribution is 6.07. The van der Waals surface area contributed by atoms with Crippen LogP contribution in [0.15, 0.2) is 94.4 Å². The molecule has 1 N–H and O–H groups in total. The first-order chi connectivity index (χ1) is 18.4. The van der Waals surface area contributed by atoms with Gasteiger partial charge in [0.05, 0.1) is 10.9 Å². The number of pyridine rings is 3. The largest absolute Gasteiger partial charge is 0.440 e. The monoisotopic (exact) mass is 500 g/mol. The molecule has 7 heteroatoms. The molecule has 0 aliphatic carbocycles. The maximum atomic E-state index is 12.5. The number of hydrogen-bond acceptors (Lipinski definition) is 5. The molecule has 38 heavy (non-hydrogen) atoms. The van der Waals surface area contributed by atoms with Crippen LogP contribution in [0.25, 0.3) is 49.8 Å². The molecular formula is C31H24N4O3. The number of para-hydroxylation sites is 1. The van der Waals surface area contributed by atoms with E-state index in [2.05, 4.69) is 54.6 Å².